The molecule has 8 heteroatoms. The fourth-order valence-corrected chi connectivity index (χ4v) is 2.84. The van der Waals surface area contributed by atoms with Crippen molar-refractivity contribution in [3.8, 4) is 11.5 Å². The predicted molar refractivity (Wildman–Crippen MR) is 101 cm³/mol. The first-order chi connectivity index (χ1) is 13.1. The Morgan fingerprint density at radius 3 is 2.74 bits per heavy atom. The molecule has 0 unspecified atom stereocenters. The molecule has 0 atom stereocenters. The van der Waals surface area contributed by atoms with Crippen molar-refractivity contribution in [1.29, 1.82) is 0 Å². The molecule has 7 nitrogen and oxygen atoms in total. The van der Waals surface area contributed by atoms with Crippen LogP contribution in [-0.2, 0) is 6.54 Å². The number of halogens is 1. The highest BCUT2D eigenvalue weighted by molar-refractivity contribution is 6.30. The summed E-state index contributed by atoms with van der Waals surface area (Å²) in [5, 5.41) is 10.4. The molecule has 0 bridgehead atoms. The van der Waals surface area contributed by atoms with Gasteiger partial charge in [-0.05, 0) is 48.9 Å². The lowest BCUT2D eigenvalue weighted by molar-refractivity contribution is 0.102. The van der Waals surface area contributed by atoms with E-state index >= 15 is 0 Å². The van der Waals surface area contributed by atoms with Crippen LogP contribution in [-0.4, -0.2) is 17.9 Å². The van der Waals surface area contributed by atoms with Gasteiger partial charge in [0, 0.05) is 17.3 Å². The molecule has 3 aromatic rings. The van der Waals surface area contributed by atoms with Crippen LogP contribution < -0.4 is 20.1 Å². The van der Waals surface area contributed by atoms with Gasteiger partial charge >= 0.3 is 0 Å². The summed E-state index contributed by atoms with van der Waals surface area (Å²) in [4.78, 5) is 12.6. The number of nitrogens with zero attached hydrogens (tertiary/aromatic N) is 1. The standard InChI is InChI=1S/C19H16ClN3O4/c1-11-17(18(24)22-14-5-3-13(20)4-6-14)19(27-23-11)21-9-12-2-7-15-16(8-12)26-10-25-15/h2-8,21H,9-10H2,1H3,(H,22,24). The Hall–Kier alpha value is -3.19. The van der Waals surface area contributed by atoms with Crippen molar-refractivity contribution in [3.63, 3.8) is 0 Å². The maximum atomic E-state index is 12.6. The SMILES string of the molecule is Cc1noc(NCc2ccc3c(c2)OCO3)c1C(=O)Nc1ccc(Cl)cc1. The van der Waals surface area contributed by atoms with Gasteiger partial charge in [0.05, 0.1) is 5.69 Å². The number of fused-ring (bicyclic) bond motifs is 1. The van der Waals surface area contributed by atoms with Crippen LogP contribution in [0.4, 0.5) is 11.6 Å². The summed E-state index contributed by atoms with van der Waals surface area (Å²) in [6.07, 6.45) is 0. The molecule has 0 radical (unpaired) electrons. The van der Waals surface area contributed by atoms with Crippen LogP contribution in [0.2, 0.25) is 5.02 Å². The molecule has 2 N–H and O–H groups in total. The predicted octanol–water partition coefficient (Wildman–Crippen LogP) is 4.23. The lowest BCUT2D eigenvalue weighted by atomic mass is 10.2. The molecule has 138 valence electrons. The number of aromatic nitrogens is 1. The first kappa shape index (κ1) is 17.2. The molecule has 27 heavy (non-hydrogen) atoms. The highest BCUT2D eigenvalue weighted by Gasteiger charge is 2.21. The van der Waals surface area contributed by atoms with Crippen molar-refractivity contribution in [3.05, 3.63) is 64.3 Å². The van der Waals surface area contributed by atoms with E-state index in [4.69, 9.17) is 25.6 Å². The zero-order valence-electron chi connectivity index (χ0n) is 14.4. The number of rotatable bonds is 5. The average Bonchev–Trinajstić information content (AvgIpc) is 3.27. The zero-order valence-corrected chi connectivity index (χ0v) is 15.2. The normalized spacial score (nSPS) is 12.1. The number of amides is 1. The second-order valence-corrected chi connectivity index (χ2v) is 6.41. The number of benzene rings is 2. The molecule has 0 fully saturated rings. The van der Waals surface area contributed by atoms with Crippen LogP contribution in [0.3, 0.4) is 0 Å². The molecule has 0 aliphatic carbocycles. The fraction of sp³-hybridized carbons (Fsp3) is 0.158. The number of carbonyl (C=O) groups is 1. The van der Waals surface area contributed by atoms with E-state index in [1.807, 2.05) is 18.2 Å². The molecular formula is C19H16ClN3O4. The lowest BCUT2D eigenvalue weighted by Gasteiger charge is -2.08. The third-order valence-electron chi connectivity index (χ3n) is 4.08. The van der Waals surface area contributed by atoms with Gasteiger partial charge in [-0.1, -0.05) is 22.8 Å². The average molecular weight is 386 g/mol. The minimum Gasteiger partial charge on any atom is -0.454 e. The largest absolute Gasteiger partial charge is 0.454 e. The van der Waals surface area contributed by atoms with Gasteiger partial charge in [0.2, 0.25) is 12.7 Å². The number of hydrogen-bond donors (Lipinski definition) is 2. The van der Waals surface area contributed by atoms with Crippen LogP contribution in [0, 0.1) is 6.92 Å². The van der Waals surface area contributed by atoms with Gasteiger partial charge < -0.3 is 24.6 Å². The highest BCUT2D eigenvalue weighted by Crippen LogP contribution is 2.33. The maximum Gasteiger partial charge on any atom is 0.263 e. The van der Waals surface area contributed by atoms with Gasteiger partial charge in [0.15, 0.2) is 11.5 Å². The number of anilines is 2. The van der Waals surface area contributed by atoms with E-state index in [0.29, 0.717) is 40.1 Å². The van der Waals surface area contributed by atoms with Crippen LogP contribution in [0.25, 0.3) is 0 Å². The second-order valence-electron chi connectivity index (χ2n) is 5.97. The van der Waals surface area contributed by atoms with Crippen molar-refractivity contribution >= 4 is 29.1 Å². The molecule has 1 amide bonds. The fourth-order valence-electron chi connectivity index (χ4n) is 2.72. The number of hydrogen-bond acceptors (Lipinski definition) is 6. The van der Waals surface area contributed by atoms with Gasteiger partial charge in [-0.3, -0.25) is 4.79 Å². The Kier molecular flexibility index (Phi) is 4.60. The van der Waals surface area contributed by atoms with E-state index in [1.165, 1.54) is 0 Å². The van der Waals surface area contributed by atoms with Crippen molar-refractivity contribution in [1.82, 2.24) is 5.16 Å². The zero-order chi connectivity index (χ0) is 18.8. The molecule has 0 saturated carbocycles. The minimum absolute atomic E-state index is 0.225. The number of carbonyl (C=O) groups excluding carboxylic acids is 1. The van der Waals surface area contributed by atoms with Crippen molar-refractivity contribution in [2.75, 3.05) is 17.4 Å². The molecule has 1 aliphatic rings. The van der Waals surface area contributed by atoms with Crippen molar-refractivity contribution in [2.24, 2.45) is 0 Å². The Bertz CT molecular complexity index is 985. The number of nitrogens with one attached hydrogen (secondary N) is 2. The van der Waals surface area contributed by atoms with Crippen LogP contribution in [0.1, 0.15) is 21.6 Å². The Labute approximate surface area is 160 Å². The summed E-state index contributed by atoms with van der Waals surface area (Å²) in [7, 11) is 0. The van der Waals surface area contributed by atoms with Gasteiger partial charge in [-0.15, -0.1) is 0 Å². The topological polar surface area (TPSA) is 85.6 Å². The lowest BCUT2D eigenvalue weighted by Crippen LogP contribution is -2.14. The van der Waals surface area contributed by atoms with Gasteiger partial charge in [0.25, 0.3) is 5.91 Å². The monoisotopic (exact) mass is 385 g/mol. The molecule has 0 spiro atoms. The van der Waals surface area contributed by atoms with E-state index in [9.17, 15) is 4.79 Å². The Morgan fingerprint density at radius 2 is 1.93 bits per heavy atom. The van der Waals surface area contributed by atoms with E-state index in [2.05, 4.69) is 15.8 Å². The summed E-state index contributed by atoms with van der Waals surface area (Å²) in [6, 6.07) is 12.5. The minimum atomic E-state index is -0.316. The first-order valence-corrected chi connectivity index (χ1v) is 8.63. The van der Waals surface area contributed by atoms with Gasteiger partial charge in [-0.25, -0.2) is 0 Å². The summed E-state index contributed by atoms with van der Waals surface area (Å²) < 4.78 is 16.0. The highest BCUT2D eigenvalue weighted by atomic mass is 35.5. The molecule has 1 aromatic heterocycles. The van der Waals surface area contributed by atoms with E-state index in [-0.39, 0.29) is 12.7 Å². The van der Waals surface area contributed by atoms with Crippen LogP contribution in [0.5, 0.6) is 11.5 Å². The van der Waals surface area contributed by atoms with Crippen LogP contribution in [0.15, 0.2) is 47.0 Å². The first-order valence-electron chi connectivity index (χ1n) is 8.26. The second kappa shape index (κ2) is 7.20. The van der Waals surface area contributed by atoms with E-state index in [1.54, 1.807) is 31.2 Å². The quantitative estimate of drug-likeness (QED) is 0.683. The van der Waals surface area contributed by atoms with Crippen LogP contribution >= 0.6 is 11.6 Å². The van der Waals surface area contributed by atoms with Gasteiger partial charge in [0.1, 0.15) is 5.56 Å². The third kappa shape index (κ3) is 3.68. The number of aryl methyl sites for hydroxylation is 1. The van der Waals surface area contributed by atoms with Crippen molar-refractivity contribution in [2.45, 2.75) is 13.5 Å². The number of ether oxygens (including phenoxy) is 2. The molecule has 0 saturated heterocycles. The smallest absolute Gasteiger partial charge is 0.263 e. The molecule has 2 aromatic carbocycles. The summed E-state index contributed by atoms with van der Waals surface area (Å²) in [5.41, 5.74) is 2.43. The van der Waals surface area contributed by atoms with Crippen molar-refractivity contribution < 1.29 is 18.8 Å². The molecule has 4 rings (SSSR count). The maximum absolute atomic E-state index is 12.6. The molecular weight excluding hydrogens is 370 g/mol. The Balaban J connectivity index is 1.48. The van der Waals surface area contributed by atoms with Gasteiger partial charge in [-0.2, -0.15) is 0 Å². The molecule has 1 aliphatic heterocycles. The summed E-state index contributed by atoms with van der Waals surface area (Å²) in [5.74, 6) is 1.40. The molecule has 2 heterocycles. The summed E-state index contributed by atoms with van der Waals surface area (Å²) in [6.45, 7) is 2.38. The van der Waals surface area contributed by atoms with E-state index < -0.39 is 0 Å². The third-order valence-corrected chi connectivity index (χ3v) is 4.33. The Morgan fingerprint density at radius 1 is 1.15 bits per heavy atom. The summed E-state index contributed by atoms with van der Waals surface area (Å²) >= 11 is 5.87. The van der Waals surface area contributed by atoms with E-state index in [0.717, 1.165) is 11.3 Å².